The van der Waals surface area contributed by atoms with E-state index in [1.807, 2.05) is 0 Å². The van der Waals surface area contributed by atoms with Crippen molar-refractivity contribution in [2.45, 2.75) is 58.2 Å². The van der Waals surface area contributed by atoms with Crippen LogP contribution in [0.2, 0.25) is 0 Å². The summed E-state index contributed by atoms with van der Waals surface area (Å²) < 4.78 is 5.36. The number of hydrogen-bond acceptors (Lipinski definition) is 3. The Hall–Kier alpha value is -0.120. The Kier molecular flexibility index (Phi) is 9.35. The van der Waals surface area contributed by atoms with Crippen LogP contribution in [0.25, 0.3) is 0 Å². The van der Waals surface area contributed by atoms with Gasteiger partial charge in [-0.2, -0.15) is 0 Å². The summed E-state index contributed by atoms with van der Waals surface area (Å²) in [6.07, 6.45) is 5.03. The van der Waals surface area contributed by atoms with E-state index in [2.05, 4.69) is 6.92 Å². The van der Waals surface area contributed by atoms with Crippen molar-refractivity contribution in [1.29, 1.82) is 0 Å². The van der Waals surface area contributed by atoms with Crippen molar-refractivity contribution < 1.29 is 14.9 Å². The fourth-order valence-corrected chi connectivity index (χ4v) is 1.23. The number of aliphatic hydroxyl groups excluding tert-OH is 2. The molecule has 2 atom stereocenters. The second-order valence-electron chi connectivity index (χ2n) is 3.74. The molecule has 3 nitrogen and oxygen atoms in total. The summed E-state index contributed by atoms with van der Waals surface area (Å²) in [6.45, 7) is 4.43. The van der Waals surface area contributed by atoms with Crippen molar-refractivity contribution in [2.75, 3.05) is 13.2 Å². The molecule has 0 saturated heterocycles. The van der Waals surface area contributed by atoms with Gasteiger partial charge in [0.15, 0.2) is 0 Å². The Morgan fingerprint density at radius 2 is 1.79 bits per heavy atom. The maximum atomic E-state index is 9.19. The predicted octanol–water partition coefficient (Wildman–Crippen LogP) is 1.72. The lowest BCUT2D eigenvalue weighted by Crippen LogP contribution is -2.29. The van der Waals surface area contributed by atoms with Crippen LogP contribution in [0.3, 0.4) is 0 Å². The number of ether oxygens (including phenoxy) is 1. The molecule has 0 rings (SSSR count). The van der Waals surface area contributed by atoms with Crippen molar-refractivity contribution in [1.82, 2.24) is 0 Å². The third-order valence-electron chi connectivity index (χ3n) is 2.36. The molecule has 0 radical (unpaired) electrons. The molecule has 0 fully saturated rings. The van der Waals surface area contributed by atoms with E-state index in [9.17, 15) is 5.11 Å². The molecule has 14 heavy (non-hydrogen) atoms. The van der Waals surface area contributed by atoms with Crippen LogP contribution >= 0.6 is 0 Å². The number of rotatable bonds is 9. The van der Waals surface area contributed by atoms with Crippen LogP contribution in [0.4, 0.5) is 0 Å². The zero-order valence-corrected chi connectivity index (χ0v) is 9.41. The summed E-state index contributed by atoms with van der Waals surface area (Å²) >= 11 is 0. The minimum Gasteiger partial charge on any atom is -0.394 e. The highest BCUT2D eigenvalue weighted by Gasteiger charge is 2.12. The lowest BCUT2D eigenvalue weighted by molar-refractivity contribution is -0.0490. The molecule has 0 spiro atoms. The van der Waals surface area contributed by atoms with E-state index in [1.165, 1.54) is 25.7 Å². The first kappa shape index (κ1) is 13.9. The highest BCUT2D eigenvalue weighted by atomic mass is 16.5. The van der Waals surface area contributed by atoms with Gasteiger partial charge in [-0.3, -0.25) is 0 Å². The summed E-state index contributed by atoms with van der Waals surface area (Å²) in [5.74, 6) is 0. The van der Waals surface area contributed by atoms with E-state index >= 15 is 0 Å². The van der Waals surface area contributed by atoms with E-state index in [-0.39, 0.29) is 12.7 Å². The molecule has 0 aromatic rings. The molecule has 0 amide bonds. The Labute approximate surface area is 87.1 Å². The first-order valence-electron chi connectivity index (χ1n) is 5.62. The average Bonchev–Trinajstić information content (AvgIpc) is 2.21. The Morgan fingerprint density at radius 1 is 1.14 bits per heavy atom. The summed E-state index contributed by atoms with van der Waals surface area (Å²) in [4.78, 5) is 0. The van der Waals surface area contributed by atoms with Crippen molar-refractivity contribution in [3.63, 3.8) is 0 Å². The molecule has 0 heterocycles. The van der Waals surface area contributed by atoms with E-state index in [1.54, 1.807) is 6.92 Å². The Morgan fingerprint density at radius 3 is 2.36 bits per heavy atom. The van der Waals surface area contributed by atoms with Crippen LogP contribution in [0, 0.1) is 0 Å². The minimum atomic E-state index is -0.745. The molecule has 3 heteroatoms. The first-order chi connectivity index (χ1) is 6.72. The van der Waals surface area contributed by atoms with Crippen molar-refractivity contribution >= 4 is 0 Å². The third-order valence-corrected chi connectivity index (χ3v) is 2.36. The molecule has 0 aliphatic heterocycles. The fourth-order valence-electron chi connectivity index (χ4n) is 1.23. The second-order valence-corrected chi connectivity index (χ2v) is 3.74. The minimum absolute atomic E-state index is 0.225. The van der Waals surface area contributed by atoms with Crippen molar-refractivity contribution in [3.8, 4) is 0 Å². The molecule has 2 N–H and O–H groups in total. The van der Waals surface area contributed by atoms with Crippen LogP contribution in [-0.2, 0) is 4.74 Å². The van der Waals surface area contributed by atoms with Crippen molar-refractivity contribution in [2.24, 2.45) is 0 Å². The molecule has 0 aliphatic carbocycles. The third kappa shape index (κ3) is 7.30. The van der Waals surface area contributed by atoms with Gasteiger partial charge in [0, 0.05) is 6.61 Å². The van der Waals surface area contributed by atoms with Crippen LogP contribution in [0.1, 0.15) is 46.0 Å². The molecule has 0 aromatic heterocycles. The maximum absolute atomic E-state index is 9.19. The highest BCUT2D eigenvalue weighted by molar-refractivity contribution is 4.61. The van der Waals surface area contributed by atoms with E-state index in [0.717, 1.165) is 6.42 Å². The normalized spacial score (nSPS) is 15.4. The van der Waals surface area contributed by atoms with E-state index < -0.39 is 6.10 Å². The quantitative estimate of drug-likeness (QED) is 0.562. The fraction of sp³-hybridized carbons (Fsp3) is 1.00. The number of aliphatic hydroxyl groups is 2. The topological polar surface area (TPSA) is 49.7 Å². The largest absolute Gasteiger partial charge is 0.394 e. The van der Waals surface area contributed by atoms with Crippen LogP contribution in [-0.4, -0.2) is 35.6 Å². The summed E-state index contributed by atoms with van der Waals surface area (Å²) in [7, 11) is 0. The Balaban J connectivity index is 3.18. The van der Waals surface area contributed by atoms with Gasteiger partial charge in [-0.05, 0) is 13.3 Å². The lowest BCUT2D eigenvalue weighted by Gasteiger charge is -2.17. The second kappa shape index (κ2) is 9.44. The molecule has 0 aromatic carbocycles. The van der Waals surface area contributed by atoms with Crippen LogP contribution < -0.4 is 0 Å². The molecule has 0 bridgehead atoms. The number of unbranched alkanes of at least 4 members (excludes halogenated alkanes) is 4. The van der Waals surface area contributed by atoms with Crippen LogP contribution in [0.15, 0.2) is 0 Å². The lowest BCUT2D eigenvalue weighted by atomic mass is 10.2. The molecule has 0 aliphatic rings. The summed E-state index contributed by atoms with van der Waals surface area (Å²) in [5.41, 5.74) is 0. The average molecular weight is 204 g/mol. The van der Waals surface area contributed by atoms with Crippen molar-refractivity contribution in [3.05, 3.63) is 0 Å². The molecular formula is C11H24O3. The van der Waals surface area contributed by atoms with Gasteiger partial charge in [0.1, 0.15) is 6.10 Å². The molecule has 2 unspecified atom stereocenters. The molecule has 0 saturated carbocycles. The SMILES string of the molecule is CCCCCCCOC(C)C(O)CO. The highest BCUT2D eigenvalue weighted by Crippen LogP contribution is 2.04. The van der Waals surface area contributed by atoms with Gasteiger partial charge in [-0.1, -0.05) is 32.6 Å². The van der Waals surface area contributed by atoms with Crippen LogP contribution in [0.5, 0.6) is 0 Å². The molecule has 86 valence electrons. The monoisotopic (exact) mass is 204 g/mol. The molecular weight excluding hydrogens is 180 g/mol. The smallest absolute Gasteiger partial charge is 0.103 e. The van der Waals surface area contributed by atoms with Gasteiger partial charge >= 0.3 is 0 Å². The standard InChI is InChI=1S/C11H24O3/c1-3-4-5-6-7-8-14-10(2)11(13)9-12/h10-13H,3-9H2,1-2H3. The Bertz CT molecular complexity index is 117. The van der Waals surface area contributed by atoms with Gasteiger partial charge < -0.3 is 14.9 Å². The maximum Gasteiger partial charge on any atom is 0.103 e. The zero-order valence-electron chi connectivity index (χ0n) is 9.41. The van der Waals surface area contributed by atoms with Gasteiger partial charge in [0.25, 0.3) is 0 Å². The number of hydrogen-bond donors (Lipinski definition) is 2. The van der Waals surface area contributed by atoms with Gasteiger partial charge in [-0.15, -0.1) is 0 Å². The summed E-state index contributed by atoms with van der Waals surface area (Å²) in [6, 6.07) is 0. The van der Waals surface area contributed by atoms with Gasteiger partial charge in [0.2, 0.25) is 0 Å². The predicted molar refractivity (Wildman–Crippen MR) is 57.3 cm³/mol. The summed E-state index contributed by atoms with van der Waals surface area (Å²) in [5, 5.41) is 17.8. The first-order valence-corrected chi connectivity index (χ1v) is 5.62. The van der Waals surface area contributed by atoms with Gasteiger partial charge in [0.05, 0.1) is 12.7 Å². The van der Waals surface area contributed by atoms with E-state index in [4.69, 9.17) is 9.84 Å². The van der Waals surface area contributed by atoms with E-state index in [0.29, 0.717) is 6.61 Å². The van der Waals surface area contributed by atoms with Gasteiger partial charge in [-0.25, -0.2) is 0 Å². The zero-order chi connectivity index (χ0) is 10.8.